The predicted molar refractivity (Wildman–Crippen MR) is 96.8 cm³/mol. The van der Waals surface area contributed by atoms with Crippen molar-refractivity contribution in [2.75, 3.05) is 26.7 Å². The Morgan fingerprint density at radius 2 is 2.04 bits per heavy atom. The molecule has 0 radical (unpaired) electrons. The Labute approximate surface area is 148 Å². The Bertz CT molecular complexity index is 738. The quantitative estimate of drug-likeness (QED) is 0.923. The number of hydrogen-bond acceptors (Lipinski definition) is 4. The van der Waals surface area contributed by atoms with Gasteiger partial charge in [0, 0.05) is 18.8 Å². The van der Waals surface area contributed by atoms with Crippen LogP contribution in [0.1, 0.15) is 29.9 Å². The van der Waals surface area contributed by atoms with Gasteiger partial charge in [-0.2, -0.15) is 5.10 Å². The standard InChI is InChI=1S/C19H26N4O2/c1-13-11-14(2)23(21-13)17-7-5-16(6-8-17)15(3)20-19(24)18-12-22(4)9-10-25-18/h5-8,11,15,18H,9-10,12H2,1-4H3,(H,20,24)/t15-,18+/m0/s1. The summed E-state index contributed by atoms with van der Waals surface area (Å²) in [4.78, 5) is 14.5. The maximum atomic E-state index is 12.4. The molecule has 1 fully saturated rings. The molecule has 6 nitrogen and oxygen atoms in total. The SMILES string of the molecule is Cc1cc(C)n(-c2ccc([C@H](C)NC(=O)[C@H]3CN(C)CCO3)cc2)n1. The van der Waals surface area contributed by atoms with E-state index >= 15 is 0 Å². The van der Waals surface area contributed by atoms with E-state index in [9.17, 15) is 4.79 Å². The van der Waals surface area contributed by atoms with Crippen LogP contribution in [0.25, 0.3) is 5.69 Å². The molecule has 1 aromatic carbocycles. The summed E-state index contributed by atoms with van der Waals surface area (Å²) >= 11 is 0. The lowest BCUT2D eigenvalue weighted by molar-refractivity contribution is -0.138. The highest BCUT2D eigenvalue weighted by Gasteiger charge is 2.25. The molecule has 1 amide bonds. The van der Waals surface area contributed by atoms with Crippen LogP contribution in [0.5, 0.6) is 0 Å². The normalized spacial score (nSPS) is 19.6. The van der Waals surface area contributed by atoms with Gasteiger partial charge in [-0.05, 0) is 51.6 Å². The smallest absolute Gasteiger partial charge is 0.250 e. The fourth-order valence-electron chi connectivity index (χ4n) is 3.12. The van der Waals surface area contributed by atoms with E-state index in [1.807, 2.05) is 56.8 Å². The Morgan fingerprint density at radius 3 is 2.64 bits per heavy atom. The van der Waals surface area contributed by atoms with Crippen molar-refractivity contribution in [1.29, 1.82) is 0 Å². The number of carbonyl (C=O) groups excluding carboxylic acids is 1. The molecular weight excluding hydrogens is 316 g/mol. The van der Waals surface area contributed by atoms with Gasteiger partial charge in [-0.15, -0.1) is 0 Å². The van der Waals surface area contributed by atoms with Crippen molar-refractivity contribution in [3.05, 3.63) is 47.3 Å². The zero-order valence-electron chi connectivity index (χ0n) is 15.3. The third kappa shape index (κ3) is 4.08. The van der Waals surface area contributed by atoms with Crippen LogP contribution >= 0.6 is 0 Å². The molecule has 0 aliphatic carbocycles. The predicted octanol–water partition coefficient (Wildman–Crippen LogP) is 2.00. The molecule has 25 heavy (non-hydrogen) atoms. The van der Waals surface area contributed by atoms with Crippen LogP contribution in [0.2, 0.25) is 0 Å². The molecule has 134 valence electrons. The van der Waals surface area contributed by atoms with Gasteiger partial charge in [0.05, 0.1) is 24.0 Å². The summed E-state index contributed by atoms with van der Waals surface area (Å²) < 4.78 is 7.50. The van der Waals surface area contributed by atoms with Gasteiger partial charge in [0.15, 0.2) is 0 Å². The molecule has 1 aromatic heterocycles. The highest BCUT2D eigenvalue weighted by molar-refractivity contribution is 5.81. The first-order valence-corrected chi connectivity index (χ1v) is 8.68. The summed E-state index contributed by atoms with van der Waals surface area (Å²) in [5.41, 5.74) is 4.18. The highest BCUT2D eigenvalue weighted by atomic mass is 16.5. The number of morpholine rings is 1. The van der Waals surface area contributed by atoms with Crippen LogP contribution in [0.4, 0.5) is 0 Å². The first-order chi connectivity index (χ1) is 11.9. The number of aryl methyl sites for hydroxylation is 2. The lowest BCUT2D eigenvalue weighted by Crippen LogP contribution is -2.48. The monoisotopic (exact) mass is 342 g/mol. The summed E-state index contributed by atoms with van der Waals surface area (Å²) in [6, 6.07) is 10.1. The number of benzene rings is 1. The van der Waals surface area contributed by atoms with Crippen molar-refractivity contribution in [3.63, 3.8) is 0 Å². The van der Waals surface area contributed by atoms with Crippen LogP contribution in [-0.4, -0.2) is 53.4 Å². The van der Waals surface area contributed by atoms with Gasteiger partial charge in [0.2, 0.25) is 0 Å². The molecule has 6 heteroatoms. The Balaban J connectivity index is 1.65. The second-order valence-corrected chi connectivity index (χ2v) is 6.78. The third-order valence-electron chi connectivity index (χ3n) is 4.57. The number of likely N-dealkylation sites (N-methyl/N-ethyl adjacent to an activating group) is 1. The Morgan fingerprint density at radius 1 is 1.32 bits per heavy atom. The number of nitrogens with one attached hydrogen (secondary N) is 1. The average molecular weight is 342 g/mol. The zero-order valence-corrected chi connectivity index (χ0v) is 15.3. The molecule has 3 rings (SSSR count). The van der Waals surface area contributed by atoms with Gasteiger partial charge in [-0.25, -0.2) is 4.68 Å². The van der Waals surface area contributed by atoms with E-state index in [1.54, 1.807) is 0 Å². The number of hydrogen-bond donors (Lipinski definition) is 1. The van der Waals surface area contributed by atoms with Gasteiger partial charge in [-0.1, -0.05) is 12.1 Å². The molecule has 1 saturated heterocycles. The number of carbonyl (C=O) groups is 1. The fourth-order valence-corrected chi connectivity index (χ4v) is 3.12. The lowest BCUT2D eigenvalue weighted by Gasteiger charge is -2.30. The van der Waals surface area contributed by atoms with Gasteiger partial charge < -0.3 is 15.0 Å². The first kappa shape index (κ1) is 17.6. The molecular formula is C19H26N4O2. The molecule has 0 saturated carbocycles. The minimum atomic E-state index is -0.393. The third-order valence-corrected chi connectivity index (χ3v) is 4.57. The molecule has 1 aliphatic rings. The van der Waals surface area contributed by atoms with E-state index in [0.29, 0.717) is 13.2 Å². The van der Waals surface area contributed by atoms with Crippen LogP contribution in [0.15, 0.2) is 30.3 Å². The van der Waals surface area contributed by atoms with Crippen molar-refractivity contribution in [3.8, 4) is 5.69 Å². The minimum absolute atomic E-state index is 0.0540. The summed E-state index contributed by atoms with van der Waals surface area (Å²) in [7, 11) is 2.00. The zero-order chi connectivity index (χ0) is 18.0. The van der Waals surface area contributed by atoms with Crippen LogP contribution in [-0.2, 0) is 9.53 Å². The molecule has 2 aromatic rings. The second-order valence-electron chi connectivity index (χ2n) is 6.78. The van der Waals surface area contributed by atoms with E-state index < -0.39 is 6.10 Å². The molecule has 0 spiro atoms. The van der Waals surface area contributed by atoms with E-state index in [4.69, 9.17) is 4.74 Å². The average Bonchev–Trinajstić information content (AvgIpc) is 2.93. The van der Waals surface area contributed by atoms with Crippen LogP contribution in [0, 0.1) is 13.8 Å². The lowest BCUT2D eigenvalue weighted by atomic mass is 10.1. The van der Waals surface area contributed by atoms with E-state index in [1.165, 1.54) is 0 Å². The van der Waals surface area contributed by atoms with Crippen molar-refractivity contribution < 1.29 is 9.53 Å². The van der Waals surface area contributed by atoms with Crippen LogP contribution in [0.3, 0.4) is 0 Å². The topological polar surface area (TPSA) is 59.4 Å². The van der Waals surface area contributed by atoms with Crippen molar-refractivity contribution in [2.24, 2.45) is 0 Å². The van der Waals surface area contributed by atoms with Crippen molar-refractivity contribution >= 4 is 5.91 Å². The first-order valence-electron chi connectivity index (χ1n) is 8.68. The highest BCUT2D eigenvalue weighted by Crippen LogP contribution is 2.18. The van der Waals surface area contributed by atoms with Gasteiger partial charge >= 0.3 is 0 Å². The largest absolute Gasteiger partial charge is 0.366 e. The maximum Gasteiger partial charge on any atom is 0.250 e. The van der Waals surface area contributed by atoms with Crippen molar-refractivity contribution in [1.82, 2.24) is 20.0 Å². The fraction of sp³-hybridized carbons (Fsp3) is 0.474. The molecule has 1 aliphatic heterocycles. The van der Waals surface area contributed by atoms with E-state index in [-0.39, 0.29) is 11.9 Å². The molecule has 0 unspecified atom stereocenters. The summed E-state index contributed by atoms with van der Waals surface area (Å²) in [5, 5.41) is 7.55. The Kier molecular flexibility index (Phi) is 5.20. The number of aromatic nitrogens is 2. The number of rotatable bonds is 4. The minimum Gasteiger partial charge on any atom is -0.366 e. The number of amides is 1. The molecule has 2 atom stereocenters. The summed E-state index contributed by atoms with van der Waals surface area (Å²) in [5.74, 6) is -0.0540. The maximum absolute atomic E-state index is 12.4. The van der Waals surface area contributed by atoms with Gasteiger partial charge in [0.1, 0.15) is 6.10 Å². The summed E-state index contributed by atoms with van der Waals surface area (Å²) in [6.07, 6.45) is -0.393. The van der Waals surface area contributed by atoms with Gasteiger partial charge in [0.25, 0.3) is 5.91 Å². The second kappa shape index (κ2) is 7.37. The molecule has 1 N–H and O–H groups in total. The molecule has 2 heterocycles. The number of nitrogens with zero attached hydrogens (tertiary/aromatic N) is 3. The van der Waals surface area contributed by atoms with Gasteiger partial charge in [-0.3, -0.25) is 4.79 Å². The van der Waals surface area contributed by atoms with E-state index in [0.717, 1.165) is 29.2 Å². The Hall–Kier alpha value is -2.18. The molecule has 0 bridgehead atoms. The van der Waals surface area contributed by atoms with E-state index in [2.05, 4.69) is 21.4 Å². The van der Waals surface area contributed by atoms with Crippen LogP contribution < -0.4 is 5.32 Å². The summed E-state index contributed by atoms with van der Waals surface area (Å²) in [6.45, 7) is 8.11. The number of ether oxygens (including phenoxy) is 1. The van der Waals surface area contributed by atoms with Crippen molar-refractivity contribution in [2.45, 2.75) is 32.9 Å².